The Labute approximate surface area is 104 Å². The van der Waals surface area contributed by atoms with Crippen LogP contribution < -0.4 is 5.32 Å². The van der Waals surface area contributed by atoms with Crippen molar-refractivity contribution in [2.75, 3.05) is 27.2 Å². The number of hydrogen-bond donors (Lipinski definition) is 1. The number of methoxy groups -OCH3 is 1. The summed E-state index contributed by atoms with van der Waals surface area (Å²) in [5, 5.41) is 3.15. The first-order chi connectivity index (χ1) is 7.83. The molecule has 1 amide bonds. The maximum absolute atomic E-state index is 12.2. The van der Waals surface area contributed by atoms with Gasteiger partial charge in [-0.1, -0.05) is 13.8 Å². The van der Waals surface area contributed by atoms with Gasteiger partial charge >= 0.3 is 0 Å². The van der Waals surface area contributed by atoms with E-state index >= 15 is 0 Å². The van der Waals surface area contributed by atoms with E-state index in [0.29, 0.717) is 6.04 Å². The second-order valence-corrected chi connectivity index (χ2v) is 6.18. The lowest BCUT2D eigenvalue weighted by molar-refractivity contribution is -0.208. The highest BCUT2D eigenvalue weighted by atomic mass is 16.5. The van der Waals surface area contributed by atoms with E-state index in [1.807, 2.05) is 11.9 Å². The Hall–Kier alpha value is -0.610. The van der Waals surface area contributed by atoms with Crippen LogP contribution in [0.4, 0.5) is 0 Å². The molecule has 17 heavy (non-hydrogen) atoms. The zero-order valence-electron chi connectivity index (χ0n) is 11.5. The molecule has 2 aliphatic rings. The average Bonchev–Trinajstić information content (AvgIpc) is 2.21. The van der Waals surface area contributed by atoms with Crippen LogP contribution in [0.15, 0.2) is 0 Å². The topological polar surface area (TPSA) is 41.6 Å². The van der Waals surface area contributed by atoms with Crippen LogP contribution in [0, 0.1) is 11.3 Å². The molecule has 1 saturated heterocycles. The molecule has 0 aromatic heterocycles. The number of nitrogens with one attached hydrogen (secondary N) is 1. The van der Waals surface area contributed by atoms with Gasteiger partial charge in [0.15, 0.2) is 0 Å². The third-order valence-electron chi connectivity index (χ3n) is 5.18. The molecular weight excluding hydrogens is 216 g/mol. The third-order valence-corrected chi connectivity index (χ3v) is 5.18. The fourth-order valence-electron chi connectivity index (χ4n) is 2.98. The maximum atomic E-state index is 12.2. The quantitative estimate of drug-likeness (QED) is 0.796. The van der Waals surface area contributed by atoms with Crippen molar-refractivity contribution >= 4 is 5.91 Å². The summed E-state index contributed by atoms with van der Waals surface area (Å²) < 4.78 is 5.60. The number of carbonyl (C=O) groups excluding carboxylic acids is 1. The number of amides is 1. The Balaban J connectivity index is 2.02. The van der Waals surface area contributed by atoms with E-state index in [2.05, 4.69) is 26.1 Å². The van der Waals surface area contributed by atoms with Crippen LogP contribution in [0.25, 0.3) is 0 Å². The Kier molecular flexibility index (Phi) is 2.99. The lowest BCUT2D eigenvalue weighted by Gasteiger charge is -2.61. The predicted octanol–water partition coefficient (Wildman–Crippen LogP) is 0.868. The van der Waals surface area contributed by atoms with Crippen molar-refractivity contribution in [3.8, 4) is 0 Å². The zero-order valence-corrected chi connectivity index (χ0v) is 11.5. The minimum Gasteiger partial charge on any atom is -0.378 e. The smallest absolute Gasteiger partial charge is 0.228 e. The van der Waals surface area contributed by atoms with Crippen LogP contribution >= 0.6 is 0 Å². The van der Waals surface area contributed by atoms with Crippen LogP contribution in [0.3, 0.4) is 0 Å². The maximum Gasteiger partial charge on any atom is 0.228 e. The second kappa shape index (κ2) is 3.95. The highest BCUT2D eigenvalue weighted by Gasteiger charge is 2.60. The molecule has 2 unspecified atom stereocenters. The first kappa shape index (κ1) is 12.8. The fourth-order valence-corrected chi connectivity index (χ4v) is 2.98. The van der Waals surface area contributed by atoms with E-state index in [0.717, 1.165) is 19.5 Å². The summed E-state index contributed by atoms with van der Waals surface area (Å²) >= 11 is 0. The van der Waals surface area contributed by atoms with Gasteiger partial charge in [-0.05, 0) is 13.3 Å². The average molecular weight is 240 g/mol. The van der Waals surface area contributed by atoms with E-state index < -0.39 is 0 Å². The van der Waals surface area contributed by atoms with Gasteiger partial charge in [0, 0.05) is 38.7 Å². The van der Waals surface area contributed by atoms with Gasteiger partial charge < -0.3 is 15.0 Å². The normalized spacial score (nSPS) is 35.9. The predicted molar refractivity (Wildman–Crippen MR) is 66.7 cm³/mol. The summed E-state index contributed by atoms with van der Waals surface area (Å²) in [4.78, 5) is 14.1. The monoisotopic (exact) mass is 240 g/mol. The minimum atomic E-state index is -0.107. The molecule has 1 aliphatic heterocycles. The molecule has 0 aromatic rings. The van der Waals surface area contributed by atoms with Gasteiger partial charge in [0.05, 0.1) is 11.5 Å². The molecule has 0 radical (unpaired) electrons. The Morgan fingerprint density at radius 2 is 1.94 bits per heavy atom. The molecule has 1 N–H and O–H groups in total. The molecule has 2 rings (SSSR count). The van der Waals surface area contributed by atoms with Gasteiger partial charge in [-0.3, -0.25) is 4.79 Å². The summed E-state index contributed by atoms with van der Waals surface area (Å²) in [6.07, 6.45) is 0.929. The number of rotatable bonds is 3. The molecule has 0 aromatic carbocycles. The van der Waals surface area contributed by atoms with Crippen molar-refractivity contribution in [3.63, 3.8) is 0 Å². The van der Waals surface area contributed by atoms with Gasteiger partial charge in [0.2, 0.25) is 5.91 Å². The molecule has 2 atom stereocenters. The summed E-state index contributed by atoms with van der Waals surface area (Å²) in [7, 11) is 3.69. The van der Waals surface area contributed by atoms with E-state index in [4.69, 9.17) is 4.74 Å². The molecule has 1 heterocycles. The Morgan fingerprint density at radius 1 is 1.35 bits per heavy atom. The third kappa shape index (κ3) is 1.69. The van der Waals surface area contributed by atoms with Gasteiger partial charge in [-0.15, -0.1) is 0 Å². The van der Waals surface area contributed by atoms with Crippen LogP contribution in [-0.2, 0) is 9.53 Å². The first-order valence-corrected chi connectivity index (χ1v) is 6.36. The molecule has 0 spiro atoms. The molecule has 1 saturated carbocycles. The minimum absolute atomic E-state index is 0.0172. The molecule has 0 bridgehead atoms. The van der Waals surface area contributed by atoms with Crippen molar-refractivity contribution in [2.24, 2.45) is 11.3 Å². The first-order valence-electron chi connectivity index (χ1n) is 6.36. The molecule has 1 aliphatic carbocycles. The highest BCUT2D eigenvalue weighted by molar-refractivity contribution is 5.80. The van der Waals surface area contributed by atoms with Gasteiger partial charge in [0.1, 0.15) is 0 Å². The fraction of sp³-hybridized carbons (Fsp3) is 0.923. The van der Waals surface area contributed by atoms with E-state index in [1.54, 1.807) is 7.11 Å². The number of hydrogen-bond acceptors (Lipinski definition) is 3. The largest absolute Gasteiger partial charge is 0.378 e. The number of ether oxygens (including phenoxy) is 1. The van der Waals surface area contributed by atoms with Crippen LogP contribution in [0.5, 0.6) is 0 Å². The summed E-state index contributed by atoms with van der Waals surface area (Å²) in [6.45, 7) is 8.17. The van der Waals surface area contributed by atoms with E-state index in [9.17, 15) is 4.79 Å². The Morgan fingerprint density at radius 3 is 2.29 bits per heavy atom. The summed E-state index contributed by atoms with van der Waals surface area (Å²) in [5.74, 6) is 0.463. The van der Waals surface area contributed by atoms with Gasteiger partial charge in [-0.2, -0.15) is 0 Å². The summed E-state index contributed by atoms with van der Waals surface area (Å²) in [5.41, 5.74) is -0.0899. The van der Waals surface area contributed by atoms with Crippen molar-refractivity contribution in [2.45, 2.75) is 38.8 Å². The molecule has 4 nitrogen and oxygen atoms in total. The molecule has 98 valence electrons. The van der Waals surface area contributed by atoms with Crippen LogP contribution in [-0.4, -0.2) is 49.7 Å². The van der Waals surface area contributed by atoms with Crippen molar-refractivity contribution in [1.29, 1.82) is 0 Å². The SMILES string of the molecule is COC1(C)CC(N(C)C(=O)C2CNC2)C1(C)C. The van der Waals surface area contributed by atoms with Gasteiger partial charge in [0.25, 0.3) is 0 Å². The van der Waals surface area contributed by atoms with Crippen LogP contribution in [0.1, 0.15) is 27.2 Å². The number of carbonyl (C=O) groups is 1. The highest BCUT2D eigenvalue weighted by Crippen LogP contribution is 2.53. The Bertz CT molecular complexity index is 325. The zero-order chi connectivity index (χ0) is 12.8. The van der Waals surface area contributed by atoms with E-state index in [-0.39, 0.29) is 22.8 Å². The standard InChI is InChI=1S/C13H24N2O2/c1-12(2)10(6-13(12,3)17-5)15(4)11(16)9-7-14-8-9/h9-10,14H,6-8H2,1-5H3. The molecular formula is C13H24N2O2. The number of nitrogens with zero attached hydrogens (tertiary/aromatic N) is 1. The second-order valence-electron chi connectivity index (χ2n) is 6.18. The lowest BCUT2D eigenvalue weighted by Crippen LogP contribution is -2.70. The van der Waals surface area contributed by atoms with E-state index in [1.165, 1.54) is 0 Å². The molecule has 2 fully saturated rings. The van der Waals surface area contributed by atoms with Crippen molar-refractivity contribution in [3.05, 3.63) is 0 Å². The van der Waals surface area contributed by atoms with Gasteiger partial charge in [-0.25, -0.2) is 0 Å². The molecule has 4 heteroatoms. The van der Waals surface area contributed by atoms with Crippen LogP contribution in [0.2, 0.25) is 0 Å². The van der Waals surface area contributed by atoms with Crippen molar-refractivity contribution in [1.82, 2.24) is 10.2 Å². The lowest BCUT2D eigenvalue weighted by atomic mass is 9.55. The summed E-state index contributed by atoms with van der Waals surface area (Å²) in [6, 6.07) is 0.292. The van der Waals surface area contributed by atoms with Crippen molar-refractivity contribution < 1.29 is 9.53 Å².